The van der Waals surface area contributed by atoms with Crippen LogP contribution in [0.5, 0.6) is 0 Å². The van der Waals surface area contributed by atoms with Gasteiger partial charge in [-0.3, -0.25) is 4.79 Å². The predicted molar refractivity (Wildman–Crippen MR) is 105 cm³/mol. The molecule has 5 heteroatoms. The largest absolute Gasteiger partial charge is 0.481 e. The Morgan fingerprint density at radius 2 is 1.72 bits per heavy atom. The summed E-state index contributed by atoms with van der Waals surface area (Å²) >= 11 is 4.57. The fourth-order valence-electron chi connectivity index (χ4n) is 2.88. The Kier molecular flexibility index (Phi) is 7.31. The second-order valence-electron chi connectivity index (χ2n) is 6.41. The normalized spacial score (nSPS) is 13.4. The lowest BCUT2D eigenvalue weighted by Crippen LogP contribution is -2.27. The minimum atomic E-state index is -0.824. The molecule has 0 fully saturated rings. The van der Waals surface area contributed by atoms with E-state index in [1.54, 1.807) is 12.3 Å². The second-order valence-corrected chi connectivity index (χ2v) is 7.08. The van der Waals surface area contributed by atoms with E-state index in [-0.39, 0.29) is 5.25 Å². The summed E-state index contributed by atoms with van der Waals surface area (Å²) in [6, 6.07) is 12.1. The van der Waals surface area contributed by atoms with E-state index < -0.39 is 11.9 Å². The number of hydrogen-bond donors (Lipinski definition) is 3. The number of carbonyl (C=O) groups is 1. The highest BCUT2D eigenvalue weighted by Crippen LogP contribution is 2.22. The first-order valence-electron chi connectivity index (χ1n) is 8.68. The molecule has 1 aromatic carbocycles. The molecule has 0 radical (unpaired) electrons. The zero-order valence-electron chi connectivity index (χ0n) is 14.6. The third-order valence-corrected chi connectivity index (χ3v) is 4.99. The van der Waals surface area contributed by atoms with Crippen molar-refractivity contribution in [3.05, 3.63) is 59.3 Å². The third-order valence-electron chi connectivity index (χ3n) is 4.38. The van der Waals surface area contributed by atoms with Crippen molar-refractivity contribution in [3.8, 4) is 0 Å². The van der Waals surface area contributed by atoms with Gasteiger partial charge in [-0.2, -0.15) is 12.6 Å². The van der Waals surface area contributed by atoms with Gasteiger partial charge in [0.1, 0.15) is 5.82 Å². The first-order chi connectivity index (χ1) is 12.0. The maximum Gasteiger partial charge on any atom is 0.307 e. The molecule has 0 aliphatic heterocycles. The van der Waals surface area contributed by atoms with Gasteiger partial charge in [0.05, 0.1) is 5.92 Å². The van der Waals surface area contributed by atoms with Gasteiger partial charge >= 0.3 is 5.97 Å². The number of aliphatic carboxylic acids is 1. The number of carboxylic acids is 1. The number of nitrogens with two attached hydrogens (primary N) is 1. The fourth-order valence-corrected chi connectivity index (χ4v) is 3.24. The number of nitrogens with zero attached hydrogens (tertiary/aromatic N) is 1. The summed E-state index contributed by atoms with van der Waals surface area (Å²) in [5, 5.41) is 9.34. The van der Waals surface area contributed by atoms with Crippen molar-refractivity contribution < 1.29 is 9.90 Å². The van der Waals surface area contributed by atoms with Crippen LogP contribution in [0.15, 0.2) is 42.6 Å². The van der Waals surface area contributed by atoms with Gasteiger partial charge in [-0.15, -0.1) is 0 Å². The molecule has 0 spiro atoms. The van der Waals surface area contributed by atoms with Crippen molar-refractivity contribution >= 4 is 24.4 Å². The maximum atomic E-state index is 11.6. The van der Waals surface area contributed by atoms with E-state index in [1.165, 1.54) is 11.1 Å². The first-order valence-corrected chi connectivity index (χ1v) is 9.20. The van der Waals surface area contributed by atoms with Crippen molar-refractivity contribution in [3.63, 3.8) is 0 Å². The number of rotatable bonds is 9. The maximum absolute atomic E-state index is 11.6. The van der Waals surface area contributed by atoms with E-state index in [4.69, 9.17) is 5.73 Å². The van der Waals surface area contributed by atoms with E-state index in [1.807, 2.05) is 6.07 Å². The Morgan fingerprint density at radius 1 is 1.12 bits per heavy atom. The average molecular weight is 359 g/mol. The van der Waals surface area contributed by atoms with E-state index >= 15 is 0 Å². The summed E-state index contributed by atoms with van der Waals surface area (Å²) < 4.78 is 0. The molecule has 1 heterocycles. The van der Waals surface area contributed by atoms with Crippen LogP contribution in [-0.2, 0) is 24.1 Å². The molecule has 134 valence electrons. The van der Waals surface area contributed by atoms with Gasteiger partial charge in [0.25, 0.3) is 0 Å². The minimum Gasteiger partial charge on any atom is -0.481 e. The Balaban J connectivity index is 1.94. The van der Waals surface area contributed by atoms with E-state index in [9.17, 15) is 9.90 Å². The molecule has 2 aromatic rings. The monoisotopic (exact) mass is 358 g/mol. The third kappa shape index (κ3) is 6.09. The van der Waals surface area contributed by atoms with Crippen molar-refractivity contribution in [1.82, 2.24) is 4.98 Å². The molecule has 0 bridgehead atoms. The molecule has 4 nitrogen and oxygen atoms in total. The molecule has 1 aromatic heterocycles. The number of thiol groups is 1. The topological polar surface area (TPSA) is 76.2 Å². The highest BCUT2D eigenvalue weighted by molar-refractivity contribution is 7.81. The molecule has 0 saturated carbocycles. The lowest BCUT2D eigenvalue weighted by molar-refractivity contribution is -0.141. The molecule has 2 unspecified atom stereocenters. The molecule has 0 saturated heterocycles. The van der Waals surface area contributed by atoms with Crippen molar-refractivity contribution in [1.29, 1.82) is 0 Å². The molecule has 2 atom stereocenters. The van der Waals surface area contributed by atoms with Gasteiger partial charge in [-0.05, 0) is 48.4 Å². The van der Waals surface area contributed by atoms with Crippen LogP contribution in [0.25, 0.3) is 0 Å². The van der Waals surface area contributed by atoms with Gasteiger partial charge in [0, 0.05) is 11.4 Å². The highest BCUT2D eigenvalue weighted by Gasteiger charge is 2.25. The molecule has 3 N–H and O–H groups in total. The molecule has 0 aliphatic carbocycles. The predicted octanol–water partition coefficient (Wildman–Crippen LogP) is 3.79. The number of aryl methyl sites for hydroxylation is 2. The first kappa shape index (κ1) is 19.3. The van der Waals surface area contributed by atoms with Crippen LogP contribution in [-0.4, -0.2) is 21.3 Å². The Labute approximate surface area is 154 Å². The summed E-state index contributed by atoms with van der Waals surface area (Å²) in [5.74, 6) is -0.937. The summed E-state index contributed by atoms with van der Waals surface area (Å²) in [7, 11) is 0. The SMILES string of the molecule is CCCc1ccc(CCC(S)C(Cc2ccc(N)nc2)C(=O)O)cc1. The van der Waals surface area contributed by atoms with Crippen LogP contribution in [0.1, 0.15) is 36.5 Å². The quantitative estimate of drug-likeness (QED) is 0.596. The van der Waals surface area contributed by atoms with Crippen molar-refractivity contribution in [2.75, 3.05) is 5.73 Å². The second kappa shape index (κ2) is 9.47. The number of hydrogen-bond acceptors (Lipinski definition) is 4. The molecule has 25 heavy (non-hydrogen) atoms. The van der Waals surface area contributed by atoms with Crippen LogP contribution < -0.4 is 5.73 Å². The Bertz CT molecular complexity index is 671. The molecular weight excluding hydrogens is 332 g/mol. The van der Waals surface area contributed by atoms with Gasteiger partial charge in [-0.1, -0.05) is 43.7 Å². The number of carboxylic acid groups (broad SMARTS) is 1. The number of nitrogen functional groups attached to an aromatic ring is 1. The summed E-state index contributed by atoms with van der Waals surface area (Å²) in [6.45, 7) is 2.17. The Morgan fingerprint density at radius 3 is 2.24 bits per heavy atom. The number of pyridine rings is 1. The lowest BCUT2D eigenvalue weighted by atomic mass is 9.93. The number of anilines is 1. The van der Waals surface area contributed by atoms with Crippen molar-refractivity contribution in [2.24, 2.45) is 5.92 Å². The minimum absolute atomic E-state index is 0.217. The zero-order valence-corrected chi connectivity index (χ0v) is 15.5. The van der Waals surface area contributed by atoms with Crippen LogP contribution in [0.3, 0.4) is 0 Å². The van der Waals surface area contributed by atoms with Crippen LogP contribution in [0.4, 0.5) is 5.82 Å². The smallest absolute Gasteiger partial charge is 0.307 e. The van der Waals surface area contributed by atoms with E-state index in [0.29, 0.717) is 12.2 Å². The standard InChI is InChI=1S/C20H26N2O2S/c1-2-3-14-4-6-15(7-5-14)8-10-18(25)17(20(23)24)12-16-9-11-19(21)22-13-16/h4-7,9,11,13,17-18,25H,2-3,8,10,12H2,1H3,(H2,21,22)(H,23,24). The highest BCUT2D eigenvalue weighted by atomic mass is 32.1. The summed E-state index contributed by atoms with van der Waals surface area (Å²) in [5.41, 5.74) is 9.00. The lowest BCUT2D eigenvalue weighted by Gasteiger charge is -2.19. The van der Waals surface area contributed by atoms with Gasteiger partial charge < -0.3 is 10.8 Å². The average Bonchev–Trinajstić information content (AvgIpc) is 2.60. The summed E-state index contributed by atoms with van der Waals surface area (Å²) in [4.78, 5) is 15.7. The van der Waals surface area contributed by atoms with Gasteiger partial charge in [0.15, 0.2) is 0 Å². The van der Waals surface area contributed by atoms with Crippen LogP contribution in [0.2, 0.25) is 0 Å². The number of benzene rings is 1. The molecule has 2 rings (SSSR count). The van der Waals surface area contributed by atoms with Gasteiger partial charge in [-0.25, -0.2) is 4.98 Å². The zero-order chi connectivity index (χ0) is 18.2. The van der Waals surface area contributed by atoms with Crippen LogP contribution in [0, 0.1) is 5.92 Å². The Hall–Kier alpha value is -2.01. The van der Waals surface area contributed by atoms with E-state index in [0.717, 1.165) is 31.2 Å². The number of aromatic nitrogens is 1. The molecular formula is C20H26N2O2S. The molecule has 0 aliphatic rings. The summed E-state index contributed by atoms with van der Waals surface area (Å²) in [6.07, 6.45) is 5.81. The van der Waals surface area contributed by atoms with Crippen LogP contribution >= 0.6 is 12.6 Å². The van der Waals surface area contributed by atoms with Gasteiger partial charge in [0.2, 0.25) is 0 Å². The van der Waals surface area contributed by atoms with E-state index in [2.05, 4.69) is 48.8 Å². The van der Waals surface area contributed by atoms with Crippen molar-refractivity contribution in [2.45, 2.75) is 44.3 Å². The fraction of sp³-hybridized carbons (Fsp3) is 0.400. The molecule has 0 amide bonds.